The number of nitrogens with one attached hydrogen (secondary N) is 1. The van der Waals surface area contributed by atoms with E-state index in [0.29, 0.717) is 17.9 Å². The quantitative estimate of drug-likeness (QED) is 0.670. The van der Waals surface area contributed by atoms with Crippen LogP contribution in [-0.2, 0) is 4.79 Å². The molecule has 0 bridgehead atoms. The minimum Gasteiger partial charge on any atom is -0.362 e. The Balaban J connectivity index is 1.65. The van der Waals surface area contributed by atoms with Crippen molar-refractivity contribution in [2.75, 3.05) is 25.0 Å². The van der Waals surface area contributed by atoms with Gasteiger partial charge in [0.2, 0.25) is 11.7 Å². The van der Waals surface area contributed by atoms with Crippen molar-refractivity contribution >= 4 is 33.8 Å². The van der Waals surface area contributed by atoms with Crippen LogP contribution < -0.4 is 5.32 Å². The van der Waals surface area contributed by atoms with Crippen molar-refractivity contribution < 1.29 is 9.72 Å². The van der Waals surface area contributed by atoms with Gasteiger partial charge in [-0.3, -0.25) is 4.79 Å². The number of carbonyl (C=O) groups is 1. The molecule has 112 valence electrons. The van der Waals surface area contributed by atoms with Gasteiger partial charge in [-0.1, -0.05) is 11.3 Å². The molecular weight excluding hydrogens is 294 g/mol. The van der Waals surface area contributed by atoms with E-state index in [9.17, 15) is 14.9 Å². The average Bonchev–Trinajstić information content (AvgIpc) is 3.14. The Morgan fingerprint density at radius 1 is 1.48 bits per heavy atom. The minimum absolute atomic E-state index is 0.0835. The number of thiazole rings is 1. The Morgan fingerprint density at radius 2 is 2.24 bits per heavy atom. The molecule has 1 aliphatic rings. The number of likely N-dealkylation sites (tertiary alicyclic amines) is 1. The number of nitro groups is 1. The zero-order valence-electron chi connectivity index (χ0n) is 11.3. The van der Waals surface area contributed by atoms with Crippen LogP contribution in [0.25, 0.3) is 4.96 Å². The smallest absolute Gasteiger partial charge is 0.362 e. The van der Waals surface area contributed by atoms with Gasteiger partial charge in [0.1, 0.15) is 6.20 Å². The van der Waals surface area contributed by atoms with Crippen LogP contribution in [0.2, 0.25) is 0 Å². The molecule has 1 aliphatic heterocycles. The topological polar surface area (TPSA) is 92.8 Å². The monoisotopic (exact) mass is 309 g/mol. The Labute approximate surface area is 124 Å². The Kier molecular flexibility index (Phi) is 3.74. The van der Waals surface area contributed by atoms with E-state index in [1.807, 2.05) is 4.90 Å². The van der Waals surface area contributed by atoms with Gasteiger partial charge in [-0.25, -0.2) is 0 Å². The molecule has 0 radical (unpaired) electrons. The van der Waals surface area contributed by atoms with Crippen molar-refractivity contribution in [3.8, 4) is 0 Å². The van der Waals surface area contributed by atoms with Gasteiger partial charge in [0, 0.05) is 31.4 Å². The van der Waals surface area contributed by atoms with Crippen molar-refractivity contribution in [3.63, 3.8) is 0 Å². The van der Waals surface area contributed by atoms with Crippen LogP contribution in [0, 0.1) is 10.1 Å². The first-order valence-corrected chi connectivity index (χ1v) is 7.66. The van der Waals surface area contributed by atoms with Gasteiger partial charge in [0.15, 0.2) is 0 Å². The summed E-state index contributed by atoms with van der Waals surface area (Å²) in [6, 6.07) is 0. The molecule has 21 heavy (non-hydrogen) atoms. The lowest BCUT2D eigenvalue weighted by Gasteiger charge is -2.14. The molecule has 1 saturated heterocycles. The molecule has 1 N–H and O–H groups in total. The Hall–Kier alpha value is -2.16. The van der Waals surface area contributed by atoms with Gasteiger partial charge in [0.05, 0.1) is 0 Å². The third-order valence-electron chi connectivity index (χ3n) is 3.50. The van der Waals surface area contributed by atoms with Gasteiger partial charge >= 0.3 is 5.82 Å². The summed E-state index contributed by atoms with van der Waals surface area (Å²) in [5, 5.41) is 15.8. The number of amides is 1. The summed E-state index contributed by atoms with van der Waals surface area (Å²) in [5.74, 6) is 0.226. The molecule has 2 aromatic rings. The zero-order chi connectivity index (χ0) is 14.8. The zero-order valence-corrected chi connectivity index (χ0v) is 12.1. The SMILES string of the molecule is O=C(CCNc1nc2sccn2c1[N+](=O)[O-])N1CCCC1. The van der Waals surface area contributed by atoms with E-state index < -0.39 is 4.92 Å². The molecular formula is C12H15N5O3S. The first-order valence-electron chi connectivity index (χ1n) is 6.78. The summed E-state index contributed by atoms with van der Waals surface area (Å²) in [5.41, 5.74) is 0. The summed E-state index contributed by atoms with van der Waals surface area (Å²) >= 11 is 1.33. The van der Waals surface area contributed by atoms with Crippen molar-refractivity contribution in [1.82, 2.24) is 14.3 Å². The Morgan fingerprint density at radius 3 is 2.95 bits per heavy atom. The Bertz CT molecular complexity index is 674. The van der Waals surface area contributed by atoms with Gasteiger partial charge in [-0.05, 0) is 17.8 Å². The third kappa shape index (κ3) is 2.68. The first-order chi connectivity index (χ1) is 10.2. The summed E-state index contributed by atoms with van der Waals surface area (Å²) in [4.78, 5) is 29.2. The number of hydrogen-bond donors (Lipinski definition) is 1. The third-order valence-corrected chi connectivity index (χ3v) is 4.26. The predicted molar refractivity (Wildman–Crippen MR) is 78.6 cm³/mol. The highest BCUT2D eigenvalue weighted by atomic mass is 32.1. The number of fused-ring (bicyclic) bond motifs is 1. The first kappa shape index (κ1) is 13.8. The van der Waals surface area contributed by atoms with Crippen molar-refractivity contribution in [1.29, 1.82) is 0 Å². The van der Waals surface area contributed by atoms with Crippen LogP contribution in [0.1, 0.15) is 19.3 Å². The van der Waals surface area contributed by atoms with Crippen molar-refractivity contribution in [2.24, 2.45) is 0 Å². The number of carbonyl (C=O) groups excluding carboxylic acids is 1. The molecule has 1 amide bonds. The van der Waals surface area contributed by atoms with E-state index >= 15 is 0 Å². The van der Waals surface area contributed by atoms with Crippen LogP contribution in [0.4, 0.5) is 11.6 Å². The lowest BCUT2D eigenvalue weighted by molar-refractivity contribution is -0.389. The number of imidazole rings is 1. The molecule has 1 fully saturated rings. The van der Waals surface area contributed by atoms with Crippen molar-refractivity contribution in [3.05, 3.63) is 21.7 Å². The van der Waals surface area contributed by atoms with E-state index in [0.717, 1.165) is 25.9 Å². The van der Waals surface area contributed by atoms with E-state index in [1.54, 1.807) is 11.6 Å². The summed E-state index contributed by atoms with van der Waals surface area (Å²) < 4.78 is 1.44. The fourth-order valence-corrected chi connectivity index (χ4v) is 3.19. The highest BCUT2D eigenvalue weighted by Crippen LogP contribution is 2.27. The number of rotatable bonds is 5. The fraction of sp³-hybridized carbons (Fsp3) is 0.500. The molecule has 3 heterocycles. The summed E-state index contributed by atoms with van der Waals surface area (Å²) in [7, 11) is 0. The molecule has 8 nitrogen and oxygen atoms in total. The van der Waals surface area contributed by atoms with Crippen LogP contribution in [0.15, 0.2) is 11.6 Å². The maximum absolute atomic E-state index is 11.9. The molecule has 0 unspecified atom stereocenters. The number of nitrogens with zero attached hydrogens (tertiary/aromatic N) is 4. The number of aromatic nitrogens is 2. The van der Waals surface area contributed by atoms with Gasteiger partial charge in [-0.2, -0.15) is 9.38 Å². The van der Waals surface area contributed by atoms with Gasteiger partial charge < -0.3 is 20.3 Å². The second-order valence-electron chi connectivity index (χ2n) is 4.86. The standard InChI is InChI=1S/C12H15N5O3S/c18-9(15-5-1-2-6-15)3-4-13-10-11(17(19)20)16-7-8-21-12(16)14-10/h7-8,13H,1-6H2. The van der Waals surface area contributed by atoms with Crippen LogP contribution in [0.5, 0.6) is 0 Å². The molecule has 9 heteroatoms. The molecule has 0 spiro atoms. The van der Waals surface area contributed by atoms with Gasteiger partial charge in [0.25, 0.3) is 4.96 Å². The highest BCUT2D eigenvalue weighted by Gasteiger charge is 2.24. The van der Waals surface area contributed by atoms with E-state index in [2.05, 4.69) is 10.3 Å². The summed E-state index contributed by atoms with van der Waals surface area (Å²) in [6.07, 6.45) is 4.05. The maximum Gasteiger partial charge on any atom is 0.372 e. The predicted octanol–water partition coefficient (Wildman–Crippen LogP) is 1.73. The van der Waals surface area contributed by atoms with Crippen molar-refractivity contribution in [2.45, 2.75) is 19.3 Å². The van der Waals surface area contributed by atoms with Crippen LogP contribution in [0.3, 0.4) is 0 Å². The molecule has 2 aromatic heterocycles. The molecule has 0 saturated carbocycles. The molecule has 0 atom stereocenters. The van der Waals surface area contributed by atoms with Gasteiger partial charge in [-0.15, -0.1) is 0 Å². The number of anilines is 1. The highest BCUT2D eigenvalue weighted by molar-refractivity contribution is 7.15. The second-order valence-corrected chi connectivity index (χ2v) is 5.73. The molecule has 0 aromatic carbocycles. The number of hydrogen-bond acceptors (Lipinski definition) is 6. The lowest BCUT2D eigenvalue weighted by atomic mass is 10.3. The van der Waals surface area contributed by atoms with Crippen LogP contribution >= 0.6 is 11.3 Å². The second kappa shape index (κ2) is 5.68. The summed E-state index contributed by atoms with van der Waals surface area (Å²) in [6.45, 7) is 1.99. The van der Waals surface area contributed by atoms with E-state index in [4.69, 9.17) is 0 Å². The van der Waals surface area contributed by atoms with Crippen LogP contribution in [-0.4, -0.2) is 44.7 Å². The maximum atomic E-state index is 11.9. The largest absolute Gasteiger partial charge is 0.372 e. The molecule has 0 aliphatic carbocycles. The normalized spacial score (nSPS) is 14.8. The van der Waals surface area contributed by atoms with E-state index in [-0.39, 0.29) is 17.5 Å². The average molecular weight is 309 g/mol. The van der Waals surface area contributed by atoms with E-state index in [1.165, 1.54) is 15.7 Å². The molecule has 3 rings (SSSR count). The minimum atomic E-state index is -0.461. The lowest BCUT2D eigenvalue weighted by Crippen LogP contribution is -2.29. The fourth-order valence-electron chi connectivity index (χ4n) is 2.48.